The molecule has 0 aromatic heterocycles. The number of piperidine rings is 1. The quantitative estimate of drug-likeness (QED) is 0.606. The van der Waals surface area contributed by atoms with Gasteiger partial charge in [-0.2, -0.15) is 5.10 Å². The maximum absolute atomic E-state index is 6.58. The molecular weight excluding hydrogens is 348 g/mol. The number of thiocarbonyl (C=S) groups is 1. The third kappa shape index (κ3) is 1.96. The van der Waals surface area contributed by atoms with Crippen molar-refractivity contribution in [2.24, 2.45) is 16.8 Å². The number of nitrogens with one attached hydrogen (secondary N) is 1. The summed E-state index contributed by atoms with van der Waals surface area (Å²) in [7, 11) is 3.97. The number of likely N-dealkylation sites (N-methyl/N-ethyl adjacent to an activating group) is 1. The van der Waals surface area contributed by atoms with Crippen molar-refractivity contribution in [3.8, 4) is 11.5 Å². The van der Waals surface area contributed by atoms with E-state index in [1.807, 2.05) is 6.07 Å². The number of benzene rings is 1. The van der Waals surface area contributed by atoms with Crippen LogP contribution >= 0.6 is 12.2 Å². The fourth-order valence-electron chi connectivity index (χ4n) is 5.93. The molecule has 2 heterocycles. The van der Waals surface area contributed by atoms with Gasteiger partial charge in [-0.15, -0.1) is 0 Å². The Morgan fingerprint density at radius 2 is 2.35 bits per heavy atom. The molecule has 1 aromatic carbocycles. The van der Waals surface area contributed by atoms with Crippen LogP contribution in [0, 0.1) is 5.92 Å². The second-order valence-corrected chi connectivity index (χ2v) is 8.34. The maximum atomic E-state index is 6.58. The lowest BCUT2D eigenvalue weighted by Crippen LogP contribution is -2.65. The van der Waals surface area contributed by atoms with Gasteiger partial charge in [0.15, 0.2) is 16.6 Å². The van der Waals surface area contributed by atoms with Crippen molar-refractivity contribution in [2.75, 3.05) is 20.7 Å². The molecule has 3 N–H and O–H groups in total. The van der Waals surface area contributed by atoms with Crippen LogP contribution in [-0.2, 0) is 11.8 Å². The van der Waals surface area contributed by atoms with Gasteiger partial charge in [0.25, 0.3) is 0 Å². The molecule has 0 radical (unpaired) electrons. The van der Waals surface area contributed by atoms with Crippen LogP contribution in [0.3, 0.4) is 0 Å². The molecule has 1 aromatic rings. The molecule has 6 nitrogen and oxygen atoms in total. The van der Waals surface area contributed by atoms with Crippen LogP contribution in [0.5, 0.6) is 11.5 Å². The molecule has 26 heavy (non-hydrogen) atoms. The molecule has 138 valence electrons. The molecule has 2 fully saturated rings. The number of nitrogens with two attached hydrogens (primary N) is 1. The van der Waals surface area contributed by atoms with E-state index in [2.05, 4.69) is 28.5 Å². The molecule has 1 saturated heterocycles. The Hall–Kier alpha value is -1.86. The summed E-state index contributed by atoms with van der Waals surface area (Å²) in [5.74, 6) is 2.33. The first-order valence-electron chi connectivity index (χ1n) is 9.25. The first-order chi connectivity index (χ1) is 12.6. The summed E-state index contributed by atoms with van der Waals surface area (Å²) < 4.78 is 12.2. The van der Waals surface area contributed by atoms with Gasteiger partial charge < -0.3 is 20.1 Å². The molecule has 1 saturated carbocycles. The monoisotopic (exact) mass is 372 g/mol. The standard InChI is InChI=1S/C19H24N4O2S/c1-23-8-7-19-11-4-5-12(21-22-18(20)26)17(19)25-16-14(24-2)6-3-10(15(16)19)9-13(11)23/h3,6,11,13,17H,4-5,7-9H2,1-2H3,(H3,20,22,26)/t11-,13+,17-,19-/m0/s1. The highest BCUT2D eigenvalue weighted by molar-refractivity contribution is 7.80. The molecule has 2 aliphatic carbocycles. The number of nitrogens with zero attached hydrogens (tertiary/aromatic N) is 2. The van der Waals surface area contributed by atoms with Crippen LogP contribution in [0.15, 0.2) is 17.2 Å². The zero-order valence-electron chi connectivity index (χ0n) is 15.1. The SMILES string of the molecule is COc1ccc2c3c1O[C@H]1C(=NNC(N)=S)CC[C@H]4[C@@H](C2)N(C)CC[C@]314. The van der Waals surface area contributed by atoms with E-state index in [1.165, 1.54) is 11.1 Å². The van der Waals surface area contributed by atoms with Crippen LogP contribution in [-0.4, -0.2) is 48.6 Å². The average Bonchev–Trinajstić information content (AvgIpc) is 2.98. The van der Waals surface area contributed by atoms with E-state index in [0.717, 1.165) is 49.4 Å². The Labute approximate surface area is 158 Å². The third-order valence-electron chi connectivity index (χ3n) is 6.92. The van der Waals surface area contributed by atoms with Crippen LogP contribution in [0.2, 0.25) is 0 Å². The molecule has 0 unspecified atom stereocenters. The number of methoxy groups -OCH3 is 1. The molecule has 2 aliphatic heterocycles. The number of hydrogen-bond donors (Lipinski definition) is 2. The minimum atomic E-state index is -0.0651. The van der Waals surface area contributed by atoms with E-state index in [9.17, 15) is 0 Å². The van der Waals surface area contributed by atoms with Crippen LogP contribution in [0.25, 0.3) is 0 Å². The van der Waals surface area contributed by atoms with Crippen molar-refractivity contribution in [1.82, 2.24) is 10.3 Å². The van der Waals surface area contributed by atoms with Crippen molar-refractivity contribution in [1.29, 1.82) is 0 Å². The lowest BCUT2D eigenvalue weighted by atomic mass is 9.51. The van der Waals surface area contributed by atoms with Crippen molar-refractivity contribution in [3.63, 3.8) is 0 Å². The number of likely N-dealkylation sites (tertiary alicyclic amines) is 1. The van der Waals surface area contributed by atoms with E-state index in [1.54, 1.807) is 7.11 Å². The summed E-state index contributed by atoms with van der Waals surface area (Å²) in [5, 5.41) is 4.72. The normalized spacial score (nSPS) is 35.6. The largest absolute Gasteiger partial charge is 0.493 e. The predicted octanol–water partition coefficient (Wildman–Crippen LogP) is 1.55. The van der Waals surface area contributed by atoms with E-state index in [-0.39, 0.29) is 16.6 Å². The van der Waals surface area contributed by atoms with Gasteiger partial charge >= 0.3 is 0 Å². The maximum Gasteiger partial charge on any atom is 0.184 e. The van der Waals surface area contributed by atoms with Crippen LogP contribution in [0.4, 0.5) is 0 Å². The third-order valence-corrected chi connectivity index (χ3v) is 7.01. The van der Waals surface area contributed by atoms with Gasteiger partial charge in [0.1, 0.15) is 6.10 Å². The van der Waals surface area contributed by atoms with Gasteiger partial charge in [-0.05, 0) is 69.0 Å². The van der Waals surface area contributed by atoms with Gasteiger partial charge in [0.05, 0.1) is 12.8 Å². The van der Waals surface area contributed by atoms with E-state index in [4.69, 9.17) is 27.4 Å². The lowest BCUT2D eigenvalue weighted by Gasteiger charge is -2.57. The number of ether oxygens (including phenoxy) is 2. The fourth-order valence-corrected chi connectivity index (χ4v) is 5.98. The topological polar surface area (TPSA) is 72.1 Å². The molecule has 4 aliphatic rings. The van der Waals surface area contributed by atoms with E-state index in [0.29, 0.717) is 12.0 Å². The number of hydrogen-bond acceptors (Lipinski definition) is 5. The Kier molecular flexibility index (Phi) is 3.49. The van der Waals surface area contributed by atoms with E-state index >= 15 is 0 Å². The highest BCUT2D eigenvalue weighted by atomic mass is 32.1. The molecule has 1 spiro atoms. The number of hydrazone groups is 1. The highest BCUT2D eigenvalue weighted by Crippen LogP contribution is 2.63. The Morgan fingerprint density at radius 1 is 1.50 bits per heavy atom. The highest BCUT2D eigenvalue weighted by Gasteiger charge is 2.64. The second-order valence-electron chi connectivity index (χ2n) is 7.90. The summed E-state index contributed by atoms with van der Waals surface area (Å²) in [6, 6.07) is 4.83. The Bertz CT molecular complexity index is 826. The smallest absolute Gasteiger partial charge is 0.184 e. The molecule has 2 bridgehead atoms. The summed E-state index contributed by atoms with van der Waals surface area (Å²) >= 11 is 4.94. The second kappa shape index (κ2) is 5.57. The zero-order chi connectivity index (χ0) is 18.1. The Morgan fingerprint density at radius 3 is 3.12 bits per heavy atom. The summed E-state index contributed by atoms with van der Waals surface area (Å²) in [6.07, 6.45) is 4.12. The average molecular weight is 372 g/mol. The molecule has 4 atom stereocenters. The van der Waals surface area contributed by atoms with Gasteiger partial charge in [-0.25, -0.2) is 0 Å². The minimum absolute atomic E-state index is 0.0103. The van der Waals surface area contributed by atoms with E-state index < -0.39 is 0 Å². The summed E-state index contributed by atoms with van der Waals surface area (Å²) in [5.41, 5.74) is 12.2. The van der Waals surface area contributed by atoms with Gasteiger partial charge in [0, 0.05) is 17.0 Å². The van der Waals surface area contributed by atoms with Gasteiger partial charge in [0.2, 0.25) is 0 Å². The lowest BCUT2D eigenvalue weighted by molar-refractivity contribution is -0.00702. The first-order valence-corrected chi connectivity index (χ1v) is 9.66. The summed E-state index contributed by atoms with van der Waals surface area (Å²) in [6.45, 7) is 1.08. The Balaban J connectivity index is 1.70. The van der Waals surface area contributed by atoms with Crippen molar-refractivity contribution in [3.05, 3.63) is 23.3 Å². The number of rotatable bonds is 2. The van der Waals surface area contributed by atoms with Crippen molar-refractivity contribution >= 4 is 23.0 Å². The minimum Gasteiger partial charge on any atom is -0.493 e. The predicted molar refractivity (Wildman–Crippen MR) is 104 cm³/mol. The summed E-state index contributed by atoms with van der Waals surface area (Å²) in [4.78, 5) is 2.54. The molecule has 7 heteroatoms. The van der Waals surface area contributed by atoms with Crippen LogP contribution in [0.1, 0.15) is 30.4 Å². The van der Waals surface area contributed by atoms with Gasteiger partial charge in [-0.3, -0.25) is 5.43 Å². The molecular formula is C19H24N4O2S. The molecule has 0 amide bonds. The fraction of sp³-hybridized carbons (Fsp3) is 0.579. The first kappa shape index (κ1) is 16.3. The van der Waals surface area contributed by atoms with Crippen molar-refractivity contribution < 1.29 is 9.47 Å². The van der Waals surface area contributed by atoms with Gasteiger partial charge in [-0.1, -0.05) is 6.07 Å². The zero-order valence-corrected chi connectivity index (χ0v) is 15.9. The van der Waals surface area contributed by atoms with Crippen molar-refractivity contribution in [2.45, 2.75) is 43.2 Å². The molecule has 5 rings (SSSR count). The van der Waals surface area contributed by atoms with Crippen LogP contribution < -0.4 is 20.6 Å².